The van der Waals surface area contributed by atoms with Crippen molar-refractivity contribution < 1.29 is 96.4 Å². The molecule has 12 unspecified atom stereocenters. The highest BCUT2D eigenvalue weighted by atomic mass is 32.3. The number of phenols is 1. The fourth-order valence-electron chi connectivity index (χ4n) is 9.68. The molecule has 1 aromatic rings. The summed E-state index contributed by atoms with van der Waals surface area (Å²) in [6.45, 7) is -0.0722. The molecule has 12 atom stereocenters. The number of phenolic OH excluding ortho intramolecular Hbond substituents is 1. The van der Waals surface area contributed by atoms with E-state index in [0.717, 1.165) is 55.2 Å². The van der Waals surface area contributed by atoms with E-state index < -0.39 is 188 Å². The number of carbonyl (C=O) groups is 8. The van der Waals surface area contributed by atoms with Gasteiger partial charge in [-0.1, -0.05) is 90.0 Å². The monoisotopic (exact) mass is 1130 g/mol. The van der Waals surface area contributed by atoms with E-state index in [9.17, 15) is 92.2 Å². The van der Waals surface area contributed by atoms with Gasteiger partial charge in [0.15, 0.2) is 17.7 Å². The SMILES string of the molecule is CCCCCCCCCCCCCCCC(=O)NC1CC(O)C(O)NC(=O)C2C(O)CCN2C(=O)C(C(O)CC(N)=O)NC(=O)C(C(O)Cc2ccc(O)c(OS(=O)(=O)O)c2)NC(=O)C2CC(O)CN2C(=O)C(CO)NC1=O. The van der Waals surface area contributed by atoms with Gasteiger partial charge in [0.2, 0.25) is 47.3 Å². The van der Waals surface area contributed by atoms with Crippen LogP contribution in [0.2, 0.25) is 0 Å². The third-order valence-corrected chi connectivity index (χ3v) is 14.2. The molecular weight excluding hydrogens is 1050 g/mol. The van der Waals surface area contributed by atoms with Crippen LogP contribution in [0.5, 0.6) is 11.5 Å². The third-order valence-electron chi connectivity index (χ3n) is 13.9. The maximum Gasteiger partial charge on any atom is 0.446 e. The number of hydrogen-bond donors (Lipinski definition) is 15. The summed E-state index contributed by atoms with van der Waals surface area (Å²) in [6.07, 6.45) is -2.14. The summed E-state index contributed by atoms with van der Waals surface area (Å²) in [4.78, 5) is 112. The fourth-order valence-corrected chi connectivity index (χ4v) is 10.0. The summed E-state index contributed by atoms with van der Waals surface area (Å²) >= 11 is 0. The topological polar surface area (TPSA) is 455 Å². The Morgan fingerprint density at radius 3 is 1.95 bits per heavy atom. The lowest BCUT2D eigenvalue weighted by atomic mass is 9.98. The normalized spacial score (nSPS) is 26.8. The van der Waals surface area contributed by atoms with Gasteiger partial charge in [0.05, 0.1) is 37.4 Å². The number of primary amides is 1. The summed E-state index contributed by atoms with van der Waals surface area (Å²) in [7, 11) is -5.22. The number of nitrogens with zero attached hydrogens (tertiary/aromatic N) is 2. The number of aromatic hydroxyl groups is 1. The predicted octanol–water partition coefficient (Wildman–Crippen LogP) is -3.75. The van der Waals surface area contributed by atoms with Crippen molar-refractivity contribution in [1.82, 2.24) is 36.4 Å². The Kier molecular flexibility index (Phi) is 25.8. The summed E-state index contributed by atoms with van der Waals surface area (Å²) in [5.74, 6) is -11.5. The molecule has 8 amide bonds. The van der Waals surface area contributed by atoms with Crippen molar-refractivity contribution in [2.24, 2.45) is 5.73 Å². The smallest absolute Gasteiger partial charge is 0.446 e. The number of unbranched alkanes of at least 4 members (excludes halogenated alkanes) is 12. The number of hydrogen-bond acceptors (Lipinski definition) is 19. The van der Waals surface area contributed by atoms with E-state index in [1.807, 2.05) is 5.32 Å². The molecule has 3 heterocycles. The molecule has 0 saturated carbocycles. The number of nitrogens with two attached hydrogens (primary N) is 1. The minimum atomic E-state index is -5.22. The Balaban J connectivity index is 1.67. The molecule has 3 aliphatic heterocycles. The van der Waals surface area contributed by atoms with E-state index in [0.29, 0.717) is 17.7 Å². The van der Waals surface area contributed by atoms with E-state index in [1.165, 1.54) is 38.5 Å². The third kappa shape index (κ3) is 19.8. The van der Waals surface area contributed by atoms with Gasteiger partial charge in [0.1, 0.15) is 42.4 Å². The van der Waals surface area contributed by atoms with Crippen molar-refractivity contribution in [1.29, 1.82) is 0 Å². The van der Waals surface area contributed by atoms with Crippen LogP contribution < -0.4 is 36.5 Å². The predicted molar refractivity (Wildman–Crippen MR) is 272 cm³/mol. The molecule has 3 saturated heterocycles. The highest BCUT2D eigenvalue weighted by Gasteiger charge is 2.48. The summed E-state index contributed by atoms with van der Waals surface area (Å²) < 4.78 is 36.5. The van der Waals surface area contributed by atoms with E-state index in [4.69, 9.17) is 5.73 Å². The van der Waals surface area contributed by atoms with Crippen molar-refractivity contribution in [3.05, 3.63) is 23.8 Å². The van der Waals surface area contributed by atoms with Crippen LogP contribution in [0, 0.1) is 0 Å². The molecule has 3 fully saturated rings. The Morgan fingerprint density at radius 2 is 1.36 bits per heavy atom. The zero-order valence-electron chi connectivity index (χ0n) is 43.6. The number of nitrogens with one attached hydrogen (secondary N) is 5. The van der Waals surface area contributed by atoms with Gasteiger partial charge in [0.25, 0.3) is 0 Å². The van der Waals surface area contributed by atoms with Gasteiger partial charge in [-0.05, 0) is 30.5 Å². The van der Waals surface area contributed by atoms with Gasteiger partial charge in [0, 0.05) is 38.8 Å². The lowest BCUT2D eigenvalue weighted by Crippen LogP contribution is -2.64. The standard InChI is InChI=1S/C49H78N8O20S/c1-2-3-4-5-6-7-8-9-10-11-12-13-14-15-39(66)51-29-23-36(64)45(69)55-47(71)42-33(61)18-19-56(42)49(73)41(35(63)24-38(50)65)54-46(70)40(34(62)20-27-16-17-32(60)37(21-27)77-78(74,75)76)53-44(68)31-22-28(59)25-57(31)48(72)30(26-58)52-43(29)67/h16-17,21,28-31,33-36,40-42,45,58-64,69H,2-15,18-20,22-26H2,1H3,(H2,50,65)(H,51,66)(H,52,67)(H,53,68)(H,54,70)(H,55,71)(H,74,75,76). The molecule has 1 aromatic carbocycles. The number of amides is 8. The van der Waals surface area contributed by atoms with Crippen LogP contribution in [0.1, 0.15) is 128 Å². The van der Waals surface area contributed by atoms with Gasteiger partial charge in [-0.2, -0.15) is 8.42 Å². The molecule has 0 aliphatic carbocycles. The number of carbonyl (C=O) groups excluding carboxylic acids is 8. The van der Waals surface area contributed by atoms with Crippen LogP contribution >= 0.6 is 0 Å². The van der Waals surface area contributed by atoms with Crippen LogP contribution in [0.4, 0.5) is 0 Å². The molecule has 16 N–H and O–H groups in total. The Bertz CT molecular complexity index is 2330. The van der Waals surface area contributed by atoms with Crippen LogP contribution in [0.25, 0.3) is 0 Å². The number of aliphatic hydroxyl groups is 7. The lowest BCUT2D eigenvalue weighted by molar-refractivity contribution is -0.148. The van der Waals surface area contributed by atoms with E-state index >= 15 is 0 Å². The zero-order valence-corrected chi connectivity index (χ0v) is 44.4. The number of benzene rings is 1. The molecule has 0 spiro atoms. The second kappa shape index (κ2) is 31.1. The minimum Gasteiger partial charge on any atom is -0.504 e. The molecule has 3 aliphatic rings. The average molecular weight is 1130 g/mol. The van der Waals surface area contributed by atoms with Crippen molar-refractivity contribution in [3.8, 4) is 11.5 Å². The van der Waals surface area contributed by atoms with Crippen molar-refractivity contribution in [2.75, 3.05) is 19.7 Å². The highest BCUT2D eigenvalue weighted by Crippen LogP contribution is 2.29. The maximum atomic E-state index is 14.4. The highest BCUT2D eigenvalue weighted by molar-refractivity contribution is 7.81. The van der Waals surface area contributed by atoms with Crippen molar-refractivity contribution >= 4 is 57.7 Å². The number of rotatable bonds is 24. The summed E-state index contributed by atoms with van der Waals surface area (Å²) in [5, 5.41) is 98.7. The molecule has 78 heavy (non-hydrogen) atoms. The van der Waals surface area contributed by atoms with Crippen LogP contribution in [0.15, 0.2) is 18.2 Å². The van der Waals surface area contributed by atoms with Crippen molar-refractivity contribution in [2.45, 2.75) is 202 Å². The van der Waals surface area contributed by atoms with E-state index in [-0.39, 0.29) is 18.4 Å². The van der Waals surface area contributed by atoms with Crippen LogP contribution in [-0.4, -0.2) is 204 Å². The first-order valence-corrected chi connectivity index (χ1v) is 27.8. The lowest BCUT2D eigenvalue weighted by Gasteiger charge is -2.34. The molecule has 0 radical (unpaired) electrons. The first-order chi connectivity index (χ1) is 36.8. The minimum absolute atomic E-state index is 0.0915. The van der Waals surface area contributed by atoms with Crippen molar-refractivity contribution in [3.63, 3.8) is 0 Å². The quantitative estimate of drug-likeness (QED) is 0.0349. The fraction of sp³-hybridized carbons (Fsp3) is 0.714. The molecule has 0 bridgehead atoms. The molecular formula is C49H78N8O20S. The van der Waals surface area contributed by atoms with E-state index in [2.05, 4.69) is 32.4 Å². The molecule has 29 heteroatoms. The zero-order chi connectivity index (χ0) is 57.9. The summed E-state index contributed by atoms with van der Waals surface area (Å²) in [6, 6.07) is -9.20. The first kappa shape index (κ1) is 64.7. The van der Waals surface area contributed by atoms with Gasteiger partial charge in [-0.15, -0.1) is 0 Å². The van der Waals surface area contributed by atoms with Crippen LogP contribution in [-0.2, 0) is 55.2 Å². The summed E-state index contributed by atoms with van der Waals surface area (Å²) in [5.41, 5.74) is 5.18. The molecule has 28 nitrogen and oxygen atoms in total. The van der Waals surface area contributed by atoms with E-state index in [1.54, 1.807) is 0 Å². The average Bonchev–Trinajstić information content (AvgIpc) is 4.00. The number of aliphatic hydroxyl groups excluding tert-OH is 7. The maximum absolute atomic E-state index is 14.4. The van der Waals surface area contributed by atoms with Gasteiger partial charge >= 0.3 is 10.4 Å². The van der Waals surface area contributed by atoms with Gasteiger partial charge in [-0.25, -0.2) is 0 Å². The van der Waals surface area contributed by atoms with Gasteiger partial charge in [-0.3, -0.25) is 42.9 Å². The second-order valence-electron chi connectivity index (χ2n) is 20.1. The molecule has 0 aromatic heterocycles. The Morgan fingerprint density at radius 1 is 0.756 bits per heavy atom. The van der Waals surface area contributed by atoms with Gasteiger partial charge < -0.3 is 87.2 Å². The van der Waals surface area contributed by atoms with Crippen LogP contribution in [0.3, 0.4) is 0 Å². The Hall–Kier alpha value is -5.79. The largest absolute Gasteiger partial charge is 0.504 e. The molecule has 440 valence electrons. The first-order valence-electron chi connectivity index (χ1n) is 26.4. The second-order valence-corrected chi connectivity index (χ2v) is 21.2. The molecule has 4 rings (SSSR count). The Labute approximate surface area is 451 Å². The number of fused-ring (bicyclic) bond motifs is 2.